The molecule has 0 heterocycles. The minimum atomic E-state index is 0.255. The average Bonchev–Trinajstić information content (AvgIpc) is 1.73. The van der Waals surface area contributed by atoms with E-state index in [1.165, 1.54) is 0 Å². The van der Waals surface area contributed by atoms with E-state index in [9.17, 15) is 4.79 Å². The summed E-state index contributed by atoms with van der Waals surface area (Å²) in [6.07, 6.45) is 0.667. The molecule has 0 saturated carbocycles. The molecule has 0 spiro atoms. The first-order valence-electron chi connectivity index (χ1n) is 1.97. The number of carbonyl (C=O) groups is 1. The molecule has 0 aliphatic carbocycles. The Morgan fingerprint density at radius 3 is 1.86 bits per heavy atom. The van der Waals surface area contributed by atoms with Crippen LogP contribution in [0, 0.1) is 6.65 Å². The Bertz CT molecular complexity index is 63.7. The third kappa shape index (κ3) is 31.6. The summed E-state index contributed by atoms with van der Waals surface area (Å²) in [6, 6.07) is 0. The van der Waals surface area contributed by atoms with Crippen molar-refractivity contribution in [1.82, 2.24) is 0 Å². The average molecular weight is 100 g/mol. The zero-order valence-electron chi connectivity index (χ0n) is 4.52. The van der Waals surface area contributed by atoms with E-state index in [-0.39, 0.29) is 5.78 Å². The summed E-state index contributed by atoms with van der Waals surface area (Å²) in [5.74, 6) is 0.255. The van der Waals surface area contributed by atoms with E-state index < -0.39 is 0 Å². The summed E-state index contributed by atoms with van der Waals surface area (Å²) in [4.78, 5) is 9.81. The molecule has 2 heteroatoms. The quantitative estimate of drug-likeness (QED) is 0.357. The van der Waals surface area contributed by atoms with Gasteiger partial charge in [-0.15, -0.1) is 0 Å². The summed E-state index contributed by atoms with van der Waals surface area (Å²) in [5.41, 5.74) is 0. The van der Waals surface area contributed by atoms with E-state index in [2.05, 4.69) is 6.65 Å². The molecule has 0 aliphatic heterocycles. The van der Waals surface area contributed by atoms with Crippen LogP contribution >= 0.6 is 0 Å². The second-order valence-corrected chi connectivity index (χ2v) is 1.06. The molecule has 0 rings (SSSR count). The van der Waals surface area contributed by atoms with Crippen molar-refractivity contribution in [2.75, 3.05) is 0 Å². The summed E-state index contributed by atoms with van der Waals surface area (Å²) >= 11 is 0. The summed E-state index contributed by atoms with van der Waals surface area (Å²) in [6.45, 7) is 7.93. The molecular weight excluding hydrogens is 92.1 g/mol. The fourth-order valence-electron chi connectivity index (χ4n) is 0. The van der Waals surface area contributed by atoms with Crippen LogP contribution in [0.4, 0.5) is 0 Å². The van der Waals surface area contributed by atoms with Gasteiger partial charge >= 0.3 is 11.3 Å². The molecule has 0 amide bonds. The van der Waals surface area contributed by atoms with Gasteiger partial charge in [0, 0.05) is 6.42 Å². The molecule has 0 aromatic carbocycles. The van der Waals surface area contributed by atoms with Crippen LogP contribution < -0.4 is 0 Å². The number of Topliss-reactive ketones (excluding diaryl/α,β-unsaturated/α-hetero) is 1. The Kier molecular flexibility index (Phi) is 12.5. The fraction of sp³-hybridized carbons (Fsp3) is 0.600. The number of hydrogen-bond acceptors (Lipinski definition) is 1. The predicted octanol–water partition coefficient (Wildman–Crippen LogP) is 0.948. The van der Waals surface area contributed by atoms with Crippen molar-refractivity contribution in [3.8, 4) is 0 Å². The van der Waals surface area contributed by atoms with Crippen molar-refractivity contribution in [2.45, 2.75) is 20.3 Å². The zero-order valence-corrected chi connectivity index (χ0v) is 4.52. The molecule has 7 heavy (non-hydrogen) atoms. The maximum atomic E-state index is 9.81. The van der Waals surface area contributed by atoms with Gasteiger partial charge in [-0.25, -0.2) is 0 Å². The van der Waals surface area contributed by atoms with Crippen LogP contribution in [0.15, 0.2) is 0 Å². The third-order valence-corrected chi connectivity index (χ3v) is 0.498. The van der Waals surface area contributed by atoms with Gasteiger partial charge < -0.3 is 4.79 Å². The molecule has 0 radical (unpaired) electrons. The Morgan fingerprint density at radius 1 is 1.71 bits per heavy atom. The molecule has 0 aliphatic rings. The summed E-state index contributed by atoms with van der Waals surface area (Å²) < 4.78 is 7.50. The van der Waals surface area contributed by atoms with Crippen LogP contribution in [-0.2, 0) is 9.45 Å². The number of carbonyl (C=O) groups excluding carboxylic acids is 1. The van der Waals surface area contributed by atoms with Crippen LogP contribution in [0.3, 0.4) is 0 Å². The van der Waals surface area contributed by atoms with Crippen LogP contribution in [0.25, 0.3) is 0 Å². The Hall–Kier alpha value is -0.590. The van der Waals surface area contributed by atoms with Crippen molar-refractivity contribution in [3.05, 3.63) is 6.65 Å². The van der Waals surface area contributed by atoms with E-state index >= 15 is 0 Å². The fourth-order valence-corrected chi connectivity index (χ4v) is 0. The first kappa shape index (κ1) is 9.65. The minimum absolute atomic E-state index is 0.255. The molecule has 0 aromatic rings. The van der Waals surface area contributed by atoms with Gasteiger partial charge in [0.05, 0.1) is 0 Å². The summed E-state index contributed by atoms with van der Waals surface area (Å²) in [5, 5.41) is 0. The van der Waals surface area contributed by atoms with Crippen molar-refractivity contribution >= 4 is 5.78 Å². The Balaban J connectivity index is 0. The Morgan fingerprint density at radius 2 is 1.86 bits per heavy atom. The SMILES string of the molecule is CCC(C)=O.[C-]#[O+]. The maximum absolute atomic E-state index is 9.81. The molecule has 2 nitrogen and oxygen atoms in total. The van der Waals surface area contributed by atoms with Crippen LogP contribution in [0.5, 0.6) is 0 Å². The molecule has 0 atom stereocenters. The monoisotopic (exact) mass is 100 g/mol. The first-order chi connectivity index (χ1) is 3.27. The van der Waals surface area contributed by atoms with Crippen molar-refractivity contribution in [2.24, 2.45) is 0 Å². The number of ketones is 1. The van der Waals surface area contributed by atoms with Crippen LogP contribution in [-0.4, -0.2) is 5.78 Å². The second-order valence-electron chi connectivity index (χ2n) is 1.06. The molecule has 0 aromatic heterocycles. The molecule has 0 fully saturated rings. The van der Waals surface area contributed by atoms with E-state index in [1.807, 2.05) is 6.92 Å². The van der Waals surface area contributed by atoms with Gasteiger partial charge in [-0.1, -0.05) is 6.92 Å². The van der Waals surface area contributed by atoms with Crippen LogP contribution in [0.1, 0.15) is 20.3 Å². The third-order valence-electron chi connectivity index (χ3n) is 0.498. The van der Waals surface area contributed by atoms with Gasteiger partial charge in [0.2, 0.25) is 0 Å². The molecule has 0 bridgehead atoms. The second kappa shape index (κ2) is 9.05. The number of hydrogen-bond donors (Lipinski definition) is 0. The van der Waals surface area contributed by atoms with Gasteiger partial charge in [-0.2, -0.15) is 0 Å². The van der Waals surface area contributed by atoms with Crippen molar-refractivity contribution < 1.29 is 9.45 Å². The normalized spacial score (nSPS) is 5.71. The first-order valence-corrected chi connectivity index (χ1v) is 1.97. The van der Waals surface area contributed by atoms with E-state index in [0.717, 1.165) is 0 Å². The zero-order chi connectivity index (χ0) is 6.28. The predicted molar refractivity (Wildman–Crippen MR) is 24.9 cm³/mol. The van der Waals surface area contributed by atoms with Gasteiger partial charge in [0.1, 0.15) is 5.78 Å². The topological polar surface area (TPSA) is 37.0 Å². The molecule has 40 valence electrons. The van der Waals surface area contributed by atoms with Gasteiger partial charge in [-0.3, -0.25) is 0 Å². The van der Waals surface area contributed by atoms with Gasteiger partial charge in [0.15, 0.2) is 0 Å². The summed E-state index contributed by atoms with van der Waals surface area (Å²) in [7, 11) is 0. The van der Waals surface area contributed by atoms with Crippen molar-refractivity contribution in [3.63, 3.8) is 0 Å². The van der Waals surface area contributed by atoms with E-state index in [0.29, 0.717) is 6.42 Å². The molecule has 0 unspecified atom stereocenters. The van der Waals surface area contributed by atoms with Gasteiger partial charge in [-0.05, 0) is 6.92 Å². The van der Waals surface area contributed by atoms with Crippen molar-refractivity contribution in [1.29, 1.82) is 0 Å². The van der Waals surface area contributed by atoms with Gasteiger partial charge in [0.25, 0.3) is 0 Å². The van der Waals surface area contributed by atoms with E-state index in [4.69, 9.17) is 4.65 Å². The van der Waals surface area contributed by atoms with E-state index in [1.54, 1.807) is 6.92 Å². The molecular formula is C5H8O2. The van der Waals surface area contributed by atoms with Crippen LogP contribution in [0.2, 0.25) is 0 Å². The Labute approximate surface area is 43.2 Å². The molecule has 0 saturated heterocycles. The molecule has 0 N–H and O–H groups in total. The standard InChI is InChI=1S/C4H8O.CO/c1-3-4(2)5;1-2/h3H2,1-2H3;. The number of rotatable bonds is 1.